The predicted molar refractivity (Wildman–Crippen MR) is 110 cm³/mol. The molecule has 0 spiro atoms. The maximum absolute atomic E-state index is 12.9. The highest BCUT2D eigenvalue weighted by molar-refractivity contribution is 7.20. The summed E-state index contributed by atoms with van der Waals surface area (Å²) in [6.45, 7) is 5.18. The van der Waals surface area contributed by atoms with E-state index in [0.29, 0.717) is 28.2 Å². The van der Waals surface area contributed by atoms with E-state index in [0.717, 1.165) is 30.4 Å². The largest absolute Gasteiger partial charge is 0.337 e. The zero-order chi connectivity index (χ0) is 19.4. The molecular formula is C21H25N3O2S. The number of amides is 1. The summed E-state index contributed by atoms with van der Waals surface area (Å²) in [5.74, 6) is -0.0729. The van der Waals surface area contributed by atoms with Gasteiger partial charge in [-0.05, 0) is 24.5 Å². The van der Waals surface area contributed by atoms with E-state index in [2.05, 4.69) is 11.9 Å². The quantitative estimate of drug-likeness (QED) is 0.574. The van der Waals surface area contributed by atoms with Gasteiger partial charge in [0.25, 0.3) is 11.5 Å². The van der Waals surface area contributed by atoms with Crippen molar-refractivity contribution in [1.29, 1.82) is 0 Å². The van der Waals surface area contributed by atoms with Crippen LogP contribution in [0.4, 0.5) is 0 Å². The second-order valence-electron chi connectivity index (χ2n) is 6.83. The molecule has 27 heavy (non-hydrogen) atoms. The van der Waals surface area contributed by atoms with Gasteiger partial charge < -0.3 is 4.90 Å². The van der Waals surface area contributed by atoms with Gasteiger partial charge in [-0.1, -0.05) is 50.1 Å². The van der Waals surface area contributed by atoms with Crippen LogP contribution in [-0.4, -0.2) is 27.4 Å². The van der Waals surface area contributed by atoms with Gasteiger partial charge in [-0.3, -0.25) is 14.2 Å². The molecule has 0 aliphatic carbocycles. The summed E-state index contributed by atoms with van der Waals surface area (Å²) in [6, 6.07) is 9.88. The summed E-state index contributed by atoms with van der Waals surface area (Å²) in [5, 5.41) is 0.579. The van der Waals surface area contributed by atoms with Crippen LogP contribution in [0.15, 0.2) is 41.5 Å². The molecule has 0 N–H and O–H groups in total. The van der Waals surface area contributed by atoms with Crippen molar-refractivity contribution in [3.63, 3.8) is 0 Å². The molecule has 0 unspecified atom stereocenters. The molecule has 5 nitrogen and oxygen atoms in total. The van der Waals surface area contributed by atoms with Gasteiger partial charge >= 0.3 is 0 Å². The van der Waals surface area contributed by atoms with Gasteiger partial charge in [0.05, 0.1) is 16.6 Å². The first-order valence-electron chi connectivity index (χ1n) is 9.30. The predicted octanol–water partition coefficient (Wildman–Crippen LogP) is 4.23. The molecule has 0 saturated carbocycles. The second kappa shape index (κ2) is 8.48. The Kier molecular flexibility index (Phi) is 6.06. The van der Waals surface area contributed by atoms with Gasteiger partial charge in [0.2, 0.25) is 0 Å². The topological polar surface area (TPSA) is 55.2 Å². The van der Waals surface area contributed by atoms with Gasteiger partial charge in [0, 0.05) is 20.1 Å². The fourth-order valence-electron chi connectivity index (χ4n) is 3.16. The molecule has 0 aliphatic heterocycles. The Hall–Kier alpha value is -2.47. The van der Waals surface area contributed by atoms with Crippen LogP contribution in [0.2, 0.25) is 0 Å². The fraction of sp³-hybridized carbons (Fsp3) is 0.381. The number of carbonyl (C=O) groups excluding carboxylic acids is 1. The lowest BCUT2D eigenvalue weighted by Gasteiger charge is -2.16. The summed E-state index contributed by atoms with van der Waals surface area (Å²) in [7, 11) is 1.79. The summed E-state index contributed by atoms with van der Waals surface area (Å²) >= 11 is 1.31. The Morgan fingerprint density at radius 2 is 1.96 bits per heavy atom. The van der Waals surface area contributed by atoms with Gasteiger partial charge in [-0.25, -0.2) is 4.98 Å². The van der Waals surface area contributed by atoms with Crippen molar-refractivity contribution in [3.8, 4) is 0 Å². The number of benzene rings is 1. The van der Waals surface area contributed by atoms with E-state index in [9.17, 15) is 9.59 Å². The highest BCUT2D eigenvalue weighted by Crippen LogP contribution is 2.28. The van der Waals surface area contributed by atoms with Crippen LogP contribution in [0.3, 0.4) is 0 Å². The van der Waals surface area contributed by atoms with Crippen molar-refractivity contribution in [2.24, 2.45) is 0 Å². The van der Waals surface area contributed by atoms with Crippen LogP contribution in [0, 0.1) is 6.92 Å². The van der Waals surface area contributed by atoms with Crippen molar-refractivity contribution >= 4 is 27.5 Å². The number of nitrogens with zero attached hydrogens (tertiary/aromatic N) is 3. The number of unbranched alkanes of at least 4 members (excludes halogenated alkanes) is 2. The summed E-state index contributed by atoms with van der Waals surface area (Å²) in [5.41, 5.74) is 1.76. The highest BCUT2D eigenvalue weighted by atomic mass is 32.1. The Morgan fingerprint density at radius 1 is 1.22 bits per heavy atom. The van der Waals surface area contributed by atoms with Gasteiger partial charge in [-0.15, -0.1) is 11.3 Å². The van der Waals surface area contributed by atoms with Crippen LogP contribution in [0.5, 0.6) is 0 Å². The third-order valence-corrected chi connectivity index (χ3v) is 5.91. The summed E-state index contributed by atoms with van der Waals surface area (Å²) in [4.78, 5) is 33.2. The maximum atomic E-state index is 12.9. The molecule has 0 fully saturated rings. The van der Waals surface area contributed by atoms with Crippen LogP contribution < -0.4 is 5.56 Å². The van der Waals surface area contributed by atoms with E-state index < -0.39 is 0 Å². The van der Waals surface area contributed by atoms with E-state index >= 15 is 0 Å². The number of aromatic nitrogens is 2. The van der Waals surface area contributed by atoms with Gasteiger partial charge in [0.15, 0.2) is 0 Å². The van der Waals surface area contributed by atoms with Crippen molar-refractivity contribution in [1.82, 2.24) is 14.5 Å². The molecule has 0 radical (unpaired) electrons. The first-order valence-corrected chi connectivity index (χ1v) is 10.1. The molecule has 1 aromatic carbocycles. The maximum Gasteiger partial charge on any atom is 0.264 e. The Labute approximate surface area is 163 Å². The average molecular weight is 384 g/mol. The molecule has 2 heterocycles. The first kappa shape index (κ1) is 19.3. The van der Waals surface area contributed by atoms with Crippen LogP contribution in [-0.2, 0) is 13.1 Å². The number of fused-ring (bicyclic) bond motifs is 1. The lowest BCUT2D eigenvalue weighted by atomic mass is 10.2. The van der Waals surface area contributed by atoms with Crippen LogP contribution in [0.1, 0.15) is 47.0 Å². The highest BCUT2D eigenvalue weighted by Gasteiger charge is 2.22. The number of rotatable bonds is 7. The molecule has 2 aromatic heterocycles. The first-order chi connectivity index (χ1) is 13.0. The molecule has 142 valence electrons. The number of hydrogen-bond donors (Lipinski definition) is 0. The van der Waals surface area contributed by atoms with Gasteiger partial charge in [0.1, 0.15) is 4.83 Å². The van der Waals surface area contributed by atoms with Crippen molar-refractivity contribution in [3.05, 3.63) is 63.0 Å². The molecule has 0 bridgehead atoms. The molecule has 1 amide bonds. The number of hydrogen-bond acceptors (Lipinski definition) is 4. The van der Waals surface area contributed by atoms with Crippen molar-refractivity contribution < 1.29 is 4.79 Å². The van der Waals surface area contributed by atoms with Gasteiger partial charge in [-0.2, -0.15) is 0 Å². The standard InChI is InChI=1S/C21H25N3O2S/c1-4-5-9-12-24-14-22-19-17(20(24)25)15(2)18(27-19)21(26)23(3)13-16-10-7-6-8-11-16/h6-8,10-11,14H,4-5,9,12-13H2,1-3H3. The van der Waals surface area contributed by atoms with E-state index in [4.69, 9.17) is 0 Å². The lowest BCUT2D eigenvalue weighted by molar-refractivity contribution is 0.0789. The molecule has 0 aliphatic rings. The van der Waals surface area contributed by atoms with Crippen LogP contribution >= 0.6 is 11.3 Å². The summed E-state index contributed by atoms with van der Waals surface area (Å²) < 4.78 is 1.67. The Balaban J connectivity index is 1.88. The Bertz CT molecular complexity index is 992. The third kappa shape index (κ3) is 4.11. The zero-order valence-electron chi connectivity index (χ0n) is 16.1. The fourth-order valence-corrected chi connectivity index (χ4v) is 4.29. The minimum atomic E-state index is -0.0729. The smallest absolute Gasteiger partial charge is 0.264 e. The van der Waals surface area contributed by atoms with Crippen molar-refractivity contribution in [2.75, 3.05) is 7.05 Å². The number of carbonyl (C=O) groups is 1. The molecule has 0 saturated heterocycles. The number of aryl methyl sites for hydroxylation is 2. The molecule has 6 heteroatoms. The minimum Gasteiger partial charge on any atom is -0.337 e. The van der Waals surface area contributed by atoms with E-state index in [1.165, 1.54) is 11.3 Å². The lowest BCUT2D eigenvalue weighted by Crippen LogP contribution is -2.26. The average Bonchev–Trinajstić information content (AvgIpc) is 3.01. The third-order valence-electron chi connectivity index (χ3n) is 4.72. The van der Waals surface area contributed by atoms with E-state index in [1.54, 1.807) is 22.8 Å². The SMILES string of the molecule is CCCCCn1cnc2sc(C(=O)N(C)Cc3ccccc3)c(C)c2c1=O. The summed E-state index contributed by atoms with van der Waals surface area (Å²) in [6.07, 6.45) is 4.76. The normalized spacial score (nSPS) is 11.1. The second-order valence-corrected chi connectivity index (χ2v) is 7.83. The molecule has 3 rings (SSSR count). The minimum absolute atomic E-state index is 0.0467. The zero-order valence-corrected chi connectivity index (χ0v) is 16.9. The number of thiophene rings is 1. The van der Waals surface area contributed by atoms with Crippen LogP contribution in [0.25, 0.3) is 10.2 Å². The van der Waals surface area contributed by atoms with E-state index in [-0.39, 0.29) is 11.5 Å². The molecule has 0 atom stereocenters. The molecule has 3 aromatic rings. The Morgan fingerprint density at radius 3 is 2.67 bits per heavy atom. The monoisotopic (exact) mass is 383 g/mol. The van der Waals surface area contributed by atoms with E-state index in [1.807, 2.05) is 37.3 Å². The molecular weight excluding hydrogens is 358 g/mol. The van der Waals surface area contributed by atoms with Crippen molar-refractivity contribution in [2.45, 2.75) is 46.2 Å².